The number of likely N-dealkylation sites (tertiary alicyclic amines) is 1. The van der Waals surface area contributed by atoms with E-state index in [1.807, 2.05) is 0 Å². The molecule has 1 saturated heterocycles. The fourth-order valence-electron chi connectivity index (χ4n) is 2.88. The molecular formula is C17H22Cl2N2O4S. The quantitative estimate of drug-likeness (QED) is 0.735. The van der Waals surface area contributed by atoms with E-state index in [1.54, 1.807) is 24.1 Å². The molecule has 0 atom stereocenters. The van der Waals surface area contributed by atoms with Gasteiger partial charge in [0.25, 0.3) is 0 Å². The van der Waals surface area contributed by atoms with Gasteiger partial charge in [-0.25, -0.2) is 13.1 Å². The Morgan fingerprint density at radius 2 is 1.96 bits per heavy atom. The summed E-state index contributed by atoms with van der Waals surface area (Å²) < 4.78 is 30.9. The van der Waals surface area contributed by atoms with Gasteiger partial charge in [-0.2, -0.15) is 0 Å². The maximum atomic E-state index is 12.4. The smallest absolute Gasteiger partial charge is 0.233 e. The van der Waals surface area contributed by atoms with Crippen LogP contribution in [0.4, 0.5) is 0 Å². The Labute approximate surface area is 164 Å². The molecule has 1 heterocycles. The van der Waals surface area contributed by atoms with Crippen molar-refractivity contribution in [3.05, 3.63) is 39.7 Å². The van der Waals surface area contributed by atoms with Crippen LogP contribution in [0.2, 0.25) is 10.0 Å². The Bertz CT molecular complexity index is 775. The predicted octanol–water partition coefficient (Wildman–Crippen LogP) is 2.99. The minimum atomic E-state index is -3.45. The van der Waals surface area contributed by atoms with E-state index in [1.165, 1.54) is 0 Å². The van der Waals surface area contributed by atoms with E-state index in [4.69, 9.17) is 27.9 Å². The summed E-state index contributed by atoms with van der Waals surface area (Å²) in [5, 5.41) is 1.72. The molecule has 1 N–H and O–H groups in total. The van der Waals surface area contributed by atoms with Gasteiger partial charge in [-0.05, 0) is 30.9 Å². The van der Waals surface area contributed by atoms with Gasteiger partial charge in [0.15, 0.2) is 0 Å². The number of sulfonamides is 1. The molecule has 0 aromatic heterocycles. The number of nitrogens with zero attached hydrogens (tertiary/aromatic N) is 1. The van der Waals surface area contributed by atoms with Gasteiger partial charge in [0.1, 0.15) is 5.75 Å². The maximum absolute atomic E-state index is 12.4. The maximum Gasteiger partial charge on any atom is 0.233 e. The molecule has 26 heavy (non-hydrogen) atoms. The van der Waals surface area contributed by atoms with Crippen molar-refractivity contribution in [3.8, 4) is 5.75 Å². The van der Waals surface area contributed by atoms with Gasteiger partial charge in [-0.1, -0.05) is 29.8 Å². The molecule has 1 aliphatic heterocycles. The molecule has 1 aromatic carbocycles. The SMILES string of the molecule is C=CS(=O)(=O)NC1CCN(C(=O)CCc2cc(Cl)c(Cl)cc2OC)CC1. The summed E-state index contributed by atoms with van der Waals surface area (Å²) in [5.74, 6) is 0.618. The number of amides is 1. The molecule has 0 aliphatic carbocycles. The second kappa shape index (κ2) is 9.08. The number of ether oxygens (including phenoxy) is 1. The van der Waals surface area contributed by atoms with Gasteiger partial charge in [-0.3, -0.25) is 4.79 Å². The molecule has 1 aliphatic rings. The van der Waals surface area contributed by atoms with Crippen LogP contribution in [-0.2, 0) is 21.2 Å². The van der Waals surface area contributed by atoms with E-state index >= 15 is 0 Å². The number of halogens is 2. The third-order valence-electron chi connectivity index (χ3n) is 4.33. The van der Waals surface area contributed by atoms with Crippen molar-refractivity contribution in [3.63, 3.8) is 0 Å². The second-order valence-electron chi connectivity index (χ2n) is 6.06. The van der Waals surface area contributed by atoms with Gasteiger partial charge in [0.05, 0.1) is 17.2 Å². The summed E-state index contributed by atoms with van der Waals surface area (Å²) in [5.41, 5.74) is 0.823. The molecule has 1 fully saturated rings. The number of rotatable bonds is 7. The zero-order valence-electron chi connectivity index (χ0n) is 14.5. The minimum absolute atomic E-state index is 0.0168. The largest absolute Gasteiger partial charge is 0.496 e. The molecule has 1 aromatic rings. The predicted molar refractivity (Wildman–Crippen MR) is 103 cm³/mol. The number of hydrogen-bond acceptors (Lipinski definition) is 4. The number of piperidine rings is 1. The molecule has 144 valence electrons. The van der Waals surface area contributed by atoms with Crippen LogP contribution in [0.1, 0.15) is 24.8 Å². The number of nitrogens with one attached hydrogen (secondary N) is 1. The van der Waals surface area contributed by atoms with Gasteiger partial charge < -0.3 is 9.64 Å². The average Bonchev–Trinajstić information content (AvgIpc) is 2.62. The summed E-state index contributed by atoms with van der Waals surface area (Å²) in [7, 11) is -1.90. The third-order valence-corrected chi connectivity index (χ3v) is 6.15. The summed E-state index contributed by atoms with van der Waals surface area (Å²) in [6.07, 6.45) is 1.96. The monoisotopic (exact) mass is 420 g/mol. The van der Waals surface area contributed by atoms with Crippen molar-refractivity contribution < 1.29 is 17.9 Å². The van der Waals surface area contributed by atoms with E-state index in [0.29, 0.717) is 54.6 Å². The zero-order valence-corrected chi connectivity index (χ0v) is 16.8. The zero-order chi connectivity index (χ0) is 19.3. The fourth-order valence-corrected chi connectivity index (χ4v) is 4.02. The highest BCUT2D eigenvalue weighted by atomic mass is 35.5. The number of aryl methyl sites for hydroxylation is 1. The molecule has 0 radical (unpaired) electrons. The lowest BCUT2D eigenvalue weighted by molar-refractivity contribution is -0.132. The normalized spacial score (nSPS) is 15.7. The number of benzene rings is 1. The van der Waals surface area contributed by atoms with Crippen LogP contribution in [-0.4, -0.2) is 45.5 Å². The summed E-state index contributed by atoms with van der Waals surface area (Å²) >= 11 is 12.0. The summed E-state index contributed by atoms with van der Waals surface area (Å²) in [4.78, 5) is 14.2. The lowest BCUT2D eigenvalue weighted by Crippen LogP contribution is -2.46. The lowest BCUT2D eigenvalue weighted by atomic mass is 10.0. The van der Waals surface area contributed by atoms with Crippen LogP contribution in [0.25, 0.3) is 0 Å². The number of carbonyl (C=O) groups is 1. The molecule has 9 heteroatoms. The van der Waals surface area contributed by atoms with Crippen molar-refractivity contribution in [2.45, 2.75) is 31.7 Å². The van der Waals surface area contributed by atoms with Crippen molar-refractivity contribution in [2.75, 3.05) is 20.2 Å². The van der Waals surface area contributed by atoms with Crippen LogP contribution < -0.4 is 9.46 Å². The topological polar surface area (TPSA) is 75.7 Å². The first-order valence-corrected chi connectivity index (χ1v) is 10.5. The molecule has 6 nitrogen and oxygen atoms in total. The van der Waals surface area contributed by atoms with Gasteiger partial charge in [0.2, 0.25) is 15.9 Å². The van der Waals surface area contributed by atoms with E-state index in [-0.39, 0.29) is 11.9 Å². The Morgan fingerprint density at radius 1 is 1.35 bits per heavy atom. The van der Waals surface area contributed by atoms with Crippen LogP contribution in [0.5, 0.6) is 5.75 Å². The molecule has 0 bridgehead atoms. The highest BCUT2D eigenvalue weighted by molar-refractivity contribution is 7.92. The first-order valence-electron chi connectivity index (χ1n) is 8.20. The summed E-state index contributed by atoms with van der Waals surface area (Å²) in [6.45, 7) is 4.31. The van der Waals surface area contributed by atoms with Crippen molar-refractivity contribution in [1.82, 2.24) is 9.62 Å². The highest BCUT2D eigenvalue weighted by Gasteiger charge is 2.25. The highest BCUT2D eigenvalue weighted by Crippen LogP contribution is 2.31. The second-order valence-corrected chi connectivity index (χ2v) is 8.54. The van der Waals surface area contributed by atoms with Crippen molar-refractivity contribution in [1.29, 1.82) is 0 Å². The van der Waals surface area contributed by atoms with E-state index in [0.717, 1.165) is 11.0 Å². The van der Waals surface area contributed by atoms with E-state index in [2.05, 4.69) is 11.3 Å². The van der Waals surface area contributed by atoms with Gasteiger partial charge in [0, 0.05) is 37.0 Å². The molecule has 1 amide bonds. The lowest BCUT2D eigenvalue weighted by Gasteiger charge is -2.32. The fraction of sp³-hybridized carbons (Fsp3) is 0.471. The minimum Gasteiger partial charge on any atom is -0.496 e. The Morgan fingerprint density at radius 3 is 2.54 bits per heavy atom. The van der Waals surface area contributed by atoms with Crippen molar-refractivity contribution in [2.24, 2.45) is 0 Å². The van der Waals surface area contributed by atoms with Crippen molar-refractivity contribution >= 4 is 39.1 Å². The van der Waals surface area contributed by atoms with E-state index in [9.17, 15) is 13.2 Å². The number of carbonyl (C=O) groups excluding carboxylic acids is 1. The number of hydrogen-bond donors (Lipinski definition) is 1. The number of methoxy groups -OCH3 is 1. The standard InChI is InChI=1S/C17H22Cl2N2O4S/c1-3-26(23,24)20-13-6-8-21(9-7-13)17(22)5-4-12-10-14(18)15(19)11-16(12)25-2/h3,10-11,13,20H,1,4-9H2,2H3. The average molecular weight is 421 g/mol. The Kier molecular flexibility index (Phi) is 7.34. The summed E-state index contributed by atoms with van der Waals surface area (Å²) in [6, 6.07) is 3.19. The van der Waals surface area contributed by atoms with Gasteiger partial charge >= 0.3 is 0 Å². The Balaban J connectivity index is 1.88. The van der Waals surface area contributed by atoms with Crippen LogP contribution >= 0.6 is 23.2 Å². The third kappa shape index (κ3) is 5.61. The molecule has 0 unspecified atom stereocenters. The molecular weight excluding hydrogens is 399 g/mol. The first kappa shape index (κ1) is 21.0. The van der Waals surface area contributed by atoms with Crippen LogP contribution in [0, 0.1) is 0 Å². The first-order chi connectivity index (χ1) is 12.3. The van der Waals surface area contributed by atoms with E-state index < -0.39 is 10.0 Å². The molecule has 2 rings (SSSR count). The molecule has 0 saturated carbocycles. The Hall–Kier alpha value is -1.28. The molecule has 0 spiro atoms. The van der Waals surface area contributed by atoms with Gasteiger partial charge in [-0.15, -0.1) is 0 Å². The van der Waals surface area contributed by atoms with Crippen LogP contribution in [0.15, 0.2) is 24.1 Å². The van der Waals surface area contributed by atoms with Crippen LogP contribution in [0.3, 0.4) is 0 Å².